The molecule has 0 aliphatic rings. The summed E-state index contributed by atoms with van der Waals surface area (Å²) in [7, 11) is 1.73. The third-order valence-electron chi connectivity index (χ3n) is 4.36. The molecular weight excluding hydrogens is 346 g/mol. The van der Waals surface area contributed by atoms with Crippen LogP contribution in [0.4, 0.5) is 0 Å². The van der Waals surface area contributed by atoms with E-state index in [9.17, 15) is 9.59 Å². The number of fused-ring (bicyclic) bond motifs is 1. The summed E-state index contributed by atoms with van der Waals surface area (Å²) in [4.78, 5) is 30.8. The number of rotatable bonds is 5. The number of hydrogen-bond donors (Lipinski definition) is 1. The van der Waals surface area contributed by atoms with Gasteiger partial charge in [0.05, 0.1) is 22.8 Å². The zero-order valence-corrected chi connectivity index (χ0v) is 15.8. The van der Waals surface area contributed by atoms with Gasteiger partial charge in [0.25, 0.3) is 5.91 Å². The van der Waals surface area contributed by atoms with Crippen molar-refractivity contribution in [3.05, 3.63) is 64.7 Å². The summed E-state index contributed by atoms with van der Waals surface area (Å²) in [5.41, 5.74) is 2.57. The van der Waals surface area contributed by atoms with Crippen molar-refractivity contribution in [3.63, 3.8) is 0 Å². The minimum absolute atomic E-state index is 0.0432. The lowest BCUT2D eigenvalue weighted by molar-refractivity contribution is -0.130. The van der Waals surface area contributed by atoms with E-state index < -0.39 is 0 Å². The first kappa shape index (κ1) is 18.1. The fraction of sp³-hybridized carbons (Fsp3) is 0.250. The van der Waals surface area contributed by atoms with Crippen LogP contribution in [0.5, 0.6) is 0 Å². The Morgan fingerprint density at radius 2 is 1.85 bits per heavy atom. The molecule has 3 rings (SSSR count). The molecule has 0 saturated carbocycles. The average molecular weight is 367 g/mol. The second-order valence-electron chi connectivity index (χ2n) is 6.25. The van der Waals surface area contributed by atoms with Crippen LogP contribution in [0.25, 0.3) is 10.2 Å². The third-order valence-corrected chi connectivity index (χ3v) is 5.56. The zero-order valence-electron chi connectivity index (χ0n) is 15.0. The largest absolute Gasteiger partial charge is 0.343 e. The van der Waals surface area contributed by atoms with Crippen LogP contribution >= 0.6 is 11.3 Å². The Morgan fingerprint density at radius 1 is 1.15 bits per heavy atom. The number of para-hydroxylation sites is 1. The fourth-order valence-corrected chi connectivity index (χ4v) is 3.60. The number of amides is 2. The van der Waals surface area contributed by atoms with E-state index >= 15 is 0 Å². The highest BCUT2D eigenvalue weighted by Gasteiger charge is 2.21. The Bertz CT molecular complexity index is 901. The van der Waals surface area contributed by atoms with Crippen molar-refractivity contribution >= 4 is 33.4 Å². The zero-order chi connectivity index (χ0) is 18.7. The van der Waals surface area contributed by atoms with Crippen molar-refractivity contribution in [2.45, 2.75) is 19.9 Å². The molecule has 0 fully saturated rings. The molecule has 0 aliphatic heterocycles. The molecule has 0 aliphatic carbocycles. The maximum absolute atomic E-state index is 12.5. The SMILES string of the molecule is Cc1ccc(C(=O)NCC(=O)N(C)[C@@H](C)c2nc3ccccc3s2)cc1. The molecule has 0 radical (unpaired) electrons. The van der Waals surface area contributed by atoms with E-state index in [-0.39, 0.29) is 24.4 Å². The van der Waals surface area contributed by atoms with Gasteiger partial charge < -0.3 is 10.2 Å². The Labute approximate surface area is 156 Å². The number of benzene rings is 2. The maximum Gasteiger partial charge on any atom is 0.251 e. The van der Waals surface area contributed by atoms with Gasteiger partial charge in [-0.25, -0.2) is 4.98 Å². The van der Waals surface area contributed by atoms with Crippen molar-refractivity contribution in [1.82, 2.24) is 15.2 Å². The van der Waals surface area contributed by atoms with E-state index in [0.717, 1.165) is 20.8 Å². The Balaban J connectivity index is 1.61. The Hall–Kier alpha value is -2.73. The van der Waals surface area contributed by atoms with Gasteiger partial charge in [0.15, 0.2) is 0 Å². The van der Waals surface area contributed by atoms with Gasteiger partial charge in [-0.3, -0.25) is 9.59 Å². The summed E-state index contributed by atoms with van der Waals surface area (Å²) in [6.45, 7) is 3.86. The molecule has 0 spiro atoms. The Kier molecular flexibility index (Phi) is 5.32. The molecule has 134 valence electrons. The highest BCUT2D eigenvalue weighted by molar-refractivity contribution is 7.18. The molecule has 0 unspecified atom stereocenters. The second-order valence-corrected chi connectivity index (χ2v) is 7.31. The van der Waals surface area contributed by atoms with E-state index in [4.69, 9.17) is 0 Å². The van der Waals surface area contributed by atoms with Gasteiger partial charge in [-0.15, -0.1) is 11.3 Å². The van der Waals surface area contributed by atoms with Gasteiger partial charge in [-0.2, -0.15) is 0 Å². The number of aryl methyl sites for hydroxylation is 1. The maximum atomic E-state index is 12.5. The van der Waals surface area contributed by atoms with E-state index in [1.54, 1.807) is 35.4 Å². The van der Waals surface area contributed by atoms with E-state index in [0.29, 0.717) is 5.56 Å². The standard InChI is InChI=1S/C20H21N3O2S/c1-13-8-10-15(11-9-13)19(25)21-12-18(24)23(3)14(2)20-22-16-6-4-5-7-17(16)26-20/h4-11,14H,12H2,1-3H3,(H,21,25)/t14-/m0/s1. The van der Waals surface area contributed by atoms with Crippen LogP contribution in [0.15, 0.2) is 48.5 Å². The van der Waals surface area contributed by atoms with Crippen molar-refractivity contribution in [2.24, 2.45) is 0 Å². The summed E-state index contributed by atoms with van der Waals surface area (Å²) >= 11 is 1.58. The van der Waals surface area contributed by atoms with Crippen LogP contribution in [0.1, 0.15) is 33.9 Å². The van der Waals surface area contributed by atoms with Crippen LogP contribution in [-0.2, 0) is 4.79 Å². The molecule has 0 bridgehead atoms. The van der Waals surface area contributed by atoms with E-state index in [2.05, 4.69) is 10.3 Å². The minimum atomic E-state index is -0.251. The minimum Gasteiger partial charge on any atom is -0.343 e. The molecule has 1 heterocycles. The molecule has 5 nitrogen and oxygen atoms in total. The molecule has 2 aromatic carbocycles. The lowest BCUT2D eigenvalue weighted by Crippen LogP contribution is -2.39. The van der Waals surface area contributed by atoms with Gasteiger partial charge in [-0.05, 0) is 38.1 Å². The highest BCUT2D eigenvalue weighted by Crippen LogP contribution is 2.28. The van der Waals surface area contributed by atoms with Crippen molar-refractivity contribution in [1.29, 1.82) is 0 Å². The summed E-state index contributed by atoms with van der Waals surface area (Å²) in [5.74, 6) is -0.406. The summed E-state index contributed by atoms with van der Waals surface area (Å²) < 4.78 is 1.10. The predicted molar refractivity (Wildman–Crippen MR) is 104 cm³/mol. The molecular formula is C20H21N3O2S. The fourth-order valence-electron chi connectivity index (χ4n) is 2.54. The molecule has 3 aromatic rings. The van der Waals surface area contributed by atoms with Crippen LogP contribution in [-0.4, -0.2) is 35.3 Å². The molecule has 1 aromatic heterocycles. The van der Waals surface area contributed by atoms with Crippen molar-refractivity contribution < 1.29 is 9.59 Å². The van der Waals surface area contributed by atoms with Gasteiger partial charge in [-0.1, -0.05) is 29.8 Å². The van der Waals surface area contributed by atoms with Gasteiger partial charge in [0, 0.05) is 12.6 Å². The Morgan fingerprint density at radius 3 is 2.54 bits per heavy atom. The van der Waals surface area contributed by atoms with Crippen molar-refractivity contribution in [2.75, 3.05) is 13.6 Å². The summed E-state index contributed by atoms with van der Waals surface area (Å²) in [6, 6.07) is 15.0. The molecule has 2 amide bonds. The van der Waals surface area contributed by atoms with Crippen LogP contribution in [0.2, 0.25) is 0 Å². The monoisotopic (exact) mass is 367 g/mol. The third kappa shape index (κ3) is 3.91. The van der Waals surface area contributed by atoms with E-state index in [1.165, 1.54) is 0 Å². The molecule has 6 heteroatoms. The lowest BCUT2D eigenvalue weighted by atomic mass is 10.1. The summed E-state index contributed by atoms with van der Waals surface area (Å²) in [6.07, 6.45) is 0. The number of carbonyl (C=O) groups is 2. The molecule has 26 heavy (non-hydrogen) atoms. The number of hydrogen-bond acceptors (Lipinski definition) is 4. The number of thiazole rings is 1. The van der Waals surface area contributed by atoms with Gasteiger partial charge in [0.2, 0.25) is 5.91 Å². The van der Waals surface area contributed by atoms with Gasteiger partial charge in [0.1, 0.15) is 5.01 Å². The first-order valence-corrected chi connectivity index (χ1v) is 9.23. The predicted octanol–water partition coefficient (Wildman–Crippen LogP) is 3.55. The first-order chi connectivity index (χ1) is 12.5. The van der Waals surface area contributed by atoms with Gasteiger partial charge >= 0.3 is 0 Å². The number of likely N-dealkylation sites (N-methyl/N-ethyl adjacent to an activating group) is 1. The molecule has 1 atom stereocenters. The molecule has 1 N–H and O–H groups in total. The average Bonchev–Trinajstić information content (AvgIpc) is 3.09. The highest BCUT2D eigenvalue weighted by atomic mass is 32.1. The molecule has 0 saturated heterocycles. The second kappa shape index (κ2) is 7.66. The van der Waals surface area contributed by atoms with E-state index in [1.807, 2.05) is 50.2 Å². The van der Waals surface area contributed by atoms with Crippen LogP contribution in [0.3, 0.4) is 0 Å². The quantitative estimate of drug-likeness (QED) is 0.750. The number of carbonyl (C=O) groups excluding carboxylic acids is 2. The van der Waals surface area contributed by atoms with Crippen LogP contribution in [0, 0.1) is 6.92 Å². The van der Waals surface area contributed by atoms with Crippen LogP contribution < -0.4 is 5.32 Å². The van der Waals surface area contributed by atoms with Crippen molar-refractivity contribution in [3.8, 4) is 0 Å². The lowest BCUT2D eigenvalue weighted by Gasteiger charge is -2.23. The summed E-state index contributed by atoms with van der Waals surface area (Å²) in [5, 5.41) is 3.57. The topological polar surface area (TPSA) is 62.3 Å². The first-order valence-electron chi connectivity index (χ1n) is 8.41. The smallest absolute Gasteiger partial charge is 0.251 e. The number of aromatic nitrogens is 1. The number of nitrogens with zero attached hydrogens (tertiary/aromatic N) is 2. The normalized spacial score (nSPS) is 12.0. The number of nitrogens with one attached hydrogen (secondary N) is 1.